The molecule has 0 aromatic heterocycles. The predicted octanol–water partition coefficient (Wildman–Crippen LogP) is 4.75. The number of nitro groups is 1. The van der Waals surface area contributed by atoms with Crippen LogP contribution in [0.3, 0.4) is 0 Å². The molecule has 0 fully saturated rings. The second kappa shape index (κ2) is 15.8. The Balaban J connectivity index is 2.00. The lowest BCUT2D eigenvalue weighted by Gasteiger charge is -2.35. The van der Waals surface area contributed by atoms with Crippen molar-refractivity contribution in [1.82, 2.24) is 0 Å². The molecular weight excluding hydrogens is 532 g/mol. The molecule has 0 saturated heterocycles. The van der Waals surface area contributed by atoms with Crippen molar-refractivity contribution in [3.63, 3.8) is 0 Å². The van der Waals surface area contributed by atoms with Crippen molar-refractivity contribution in [1.29, 1.82) is 0 Å². The van der Waals surface area contributed by atoms with E-state index in [1.165, 1.54) is 18.2 Å². The fourth-order valence-electron chi connectivity index (χ4n) is 4.60. The van der Waals surface area contributed by atoms with Gasteiger partial charge in [-0.25, -0.2) is 4.79 Å². The maximum Gasteiger partial charge on any atom is 0.336 e. The van der Waals surface area contributed by atoms with E-state index in [2.05, 4.69) is 4.99 Å². The first-order chi connectivity index (χ1) is 19.8. The number of esters is 2. The number of nitrogens with zero attached hydrogens (tertiary/aromatic N) is 2. The second-order valence-corrected chi connectivity index (χ2v) is 9.01. The first-order valence-electron chi connectivity index (χ1n) is 13.5. The minimum atomic E-state index is -1.17. The van der Waals surface area contributed by atoms with Crippen LogP contribution in [0.1, 0.15) is 44.7 Å². The Morgan fingerprint density at radius 3 is 2.29 bits per heavy atom. The van der Waals surface area contributed by atoms with E-state index in [4.69, 9.17) is 23.7 Å². The fraction of sp³-hybridized carbons (Fsp3) is 0.433. The van der Waals surface area contributed by atoms with Gasteiger partial charge >= 0.3 is 11.9 Å². The molecule has 41 heavy (non-hydrogen) atoms. The average Bonchev–Trinajstić information content (AvgIpc) is 2.96. The normalized spacial score (nSPS) is 16.9. The quantitative estimate of drug-likeness (QED) is 0.0980. The van der Waals surface area contributed by atoms with E-state index < -0.39 is 35.0 Å². The van der Waals surface area contributed by atoms with Gasteiger partial charge in [-0.1, -0.05) is 42.5 Å². The molecule has 2 unspecified atom stereocenters. The van der Waals surface area contributed by atoms with Crippen LogP contribution in [0.25, 0.3) is 0 Å². The highest BCUT2D eigenvalue weighted by Gasteiger charge is 2.47. The third-order valence-corrected chi connectivity index (χ3v) is 6.30. The Bertz CT molecular complexity index is 1250. The third kappa shape index (κ3) is 8.29. The number of nitro benzene ring substituents is 1. The first-order valence-corrected chi connectivity index (χ1v) is 13.5. The van der Waals surface area contributed by atoms with Gasteiger partial charge in [0.25, 0.3) is 5.69 Å². The van der Waals surface area contributed by atoms with Gasteiger partial charge in [-0.05, 0) is 38.8 Å². The van der Waals surface area contributed by atoms with Crippen LogP contribution < -0.4 is 0 Å². The smallest absolute Gasteiger partial charge is 0.336 e. The monoisotopic (exact) mass is 568 g/mol. The van der Waals surface area contributed by atoms with Crippen molar-refractivity contribution in [2.45, 2.75) is 46.5 Å². The van der Waals surface area contributed by atoms with Gasteiger partial charge in [-0.15, -0.1) is 0 Å². The molecule has 2 aromatic carbocycles. The van der Waals surface area contributed by atoms with E-state index in [-0.39, 0.29) is 55.7 Å². The second-order valence-electron chi connectivity index (χ2n) is 9.01. The highest BCUT2D eigenvalue weighted by atomic mass is 16.7. The summed E-state index contributed by atoms with van der Waals surface area (Å²) in [6.07, 6.45) is -1.00. The number of benzene rings is 2. The molecular formula is C30H36N2O9. The van der Waals surface area contributed by atoms with Gasteiger partial charge in [0, 0.05) is 37.0 Å². The zero-order valence-corrected chi connectivity index (χ0v) is 23.7. The summed E-state index contributed by atoms with van der Waals surface area (Å²) >= 11 is 0. The van der Waals surface area contributed by atoms with Gasteiger partial charge in [-0.2, -0.15) is 0 Å². The van der Waals surface area contributed by atoms with Crippen LogP contribution in [0.5, 0.6) is 0 Å². The van der Waals surface area contributed by atoms with Gasteiger partial charge in [0.15, 0.2) is 6.29 Å². The molecule has 1 heterocycles. The van der Waals surface area contributed by atoms with Crippen molar-refractivity contribution < 1.29 is 38.2 Å². The molecule has 11 heteroatoms. The molecule has 0 radical (unpaired) electrons. The van der Waals surface area contributed by atoms with E-state index in [0.717, 1.165) is 5.56 Å². The lowest BCUT2D eigenvalue weighted by atomic mass is 9.75. The largest absolute Gasteiger partial charge is 0.465 e. The highest BCUT2D eigenvalue weighted by molar-refractivity contribution is 6.09. The van der Waals surface area contributed by atoms with Gasteiger partial charge in [0.1, 0.15) is 12.5 Å². The summed E-state index contributed by atoms with van der Waals surface area (Å²) in [4.78, 5) is 42.7. The lowest BCUT2D eigenvalue weighted by molar-refractivity contribution is -0.384. The SMILES string of the molecule is CCOC(=O)C1C(C(OCC)OCC)=NC(C)=C(C(=O)OCCOCc2ccccc2)C1c1cccc([N+](=O)[O-])c1. The number of carbonyl (C=O) groups excluding carboxylic acids is 2. The Morgan fingerprint density at radius 1 is 0.951 bits per heavy atom. The molecule has 2 aromatic rings. The van der Waals surface area contributed by atoms with Crippen molar-refractivity contribution >= 4 is 23.3 Å². The Hall–Kier alpha value is -3.93. The zero-order chi connectivity index (χ0) is 29.8. The predicted molar refractivity (Wildman–Crippen MR) is 150 cm³/mol. The molecule has 0 aliphatic carbocycles. The molecule has 3 rings (SSSR count). The molecule has 0 amide bonds. The lowest BCUT2D eigenvalue weighted by Crippen LogP contribution is -2.44. The van der Waals surface area contributed by atoms with E-state index in [1.807, 2.05) is 30.3 Å². The van der Waals surface area contributed by atoms with Gasteiger partial charge in [-0.3, -0.25) is 19.9 Å². The molecule has 0 bridgehead atoms. The summed E-state index contributed by atoms with van der Waals surface area (Å²) < 4.78 is 28.1. The number of carbonyl (C=O) groups is 2. The number of rotatable bonds is 15. The number of hydrogen-bond acceptors (Lipinski definition) is 10. The minimum absolute atomic E-state index is 0.0503. The van der Waals surface area contributed by atoms with Crippen molar-refractivity contribution in [3.05, 3.63) is 87.1 Å². The van der Waals surface area contributed by atoms with E-state index >= 15 is 0 Å². The van der Waals surface area contributed by atoms with Gasteiger partial charge in [0.2, 0.25) is 0 Å². The molecule has 1 aliphatic heterocycles. The molecule has 0 spiro atoms. The van der Waals surface area contributed by atoms with E-state index in [9.17, 15) is 19.7 Å². The number of non-ortho nitro benzene ring substituents is 1. The minimum Gasteiger partial charge on any atom is -0.465 e. The number of allylic oxidation sites excluding steroid dienone is 1. The van der Waals surface area contributed by atoms with Crippen LogP contribution in [0.4, 0.5) is 5.69 Å². The molecule has 11 nitrogen and oxygen atoms in total. The summed E-state index contributed by atoms with van der Waals surface area (Å²) in [5.41, 5.74) is 1.71. The van der Waals surface area contributed by atoms with Crippen LogP contribution in [0.2, 0.25) is 0 Å². The highest BCUT2D eigenvalue weighted by Crippen LogP contribution is 2.42. The summed E-state index contributed by atoms with van der Waals surface area (Å²) in [6.45, 7) is 7.87. The number of ether oxygens (including phenoxy) is 5. The molecule has 1 aliphatic rings. The maximum absolute atomic E-state index is 13.5. The van der Waals surface area contributed by atoms with Crippen molar-refractivity contribution in [3.8, 4) is 0 Å². The third-order valence-electron chi connectivity index (χ3n) is 6.30. The Morgan fingerprint density at radius 2 is 1.66 bits per heavy atom. The topological polar surface area (TPSA) is 136 Å². The Labute approximate surface area is 239 Å². The first kappa shape index (κ1) is 31.6. The van der Waals surface area contributed by atoms with Crippen molar-refractivity contribution in [2.75, 3.05) is 33.0 Å². The maximum atomic E-state index is 13.5. The number of aliphatic imine (C=N–C) groups is 1. The van der Waals surface area contributed by atoms with Crippen LogP contribution in [-0.4, -0.2) is 61.9 Å². The molecule has 2 atom stereocenters. The van der Waals surface area contributed by atoms with E-state index in [0.29, 0.717) is 12.2 Å². The van der Waals surface area contributed by atoms with Crippen LogP contribution in [0, 0.1) is 16.0 Å². The standard InChI is InChI=1S/C30H36N2O9/c1-5-38-29(34)26-25(22-14-11-15-23(18-22)32(35)36)24(20(4)31-27(26)30(39-6-2)40-7-3)28(33)41-17-16-37-19-21-12-9-8-10-13-21/h8-15,18,25-26,30H,5-7,16-17,19H2,1-4H3. The Kier molecular flexibility index (Phi) is 12.1. The zero-order valence-electron chi connectivity index (χ0n) is 23.7. The summed E-state index contributed by atoms with van der Waals surface area (Å²) in [6, 6.07) is 15.4. The fourth-order valence-corrected chi connectivity index (χ4v) is 4.60. The van der Waals surface area contributed by atoms with Crippen LogP contribution >= 0.6 is 0 Å². The van der Waals surface area contributed by atoms with Gasteiger partial charge < -0.3 is 23.7 Å². The summed E-state index contributed by atoms with van der Waals surface area (Å²) in [5, 5.41) is 11.6. The van der Waals surface area contributed by atoms with Gasteiger partial charge in [0.05, 0.1) is 36.0 Å². The van der Waals surface area contributed by atoms with Crippen LogP contribution in [0.15, 0.2) is 70.9 Å². The van der Waals surface area contributed by atoms with Crippen molar-refractivity contribution in [2.24, 2.45) is 10.9 Å². The van der Waals surface area contributed by atoms with Crippen LogP contribution in [-0.2, 0) is 39.9 Å². The summed E-state index contributed by atoms with van der Waals surface area (Å²) in [7, 11) is 0. The average molecular weight is 569 g/mol. The molecule has 0 N–H and O–H groups in total. The summed E-state index contributed by atoms with van der Waals surface area (Å²) in [5.74, 6) is -3.57. The molecule has 0 saturated carbocycles. The number of hydrogen-bond donors (Lipinski definition) is 0. The molecule has 220 valence electrons. The van der Waals surface area contributed by atoms with E-state index in [1.54, 1.807) is 33.8 Å².